The maximum absolute atomic E-state index is 11.9. The second-order valence-electron chi connectivity index (χ2n) is 3.68. The number of nitrogens with zero attached hydrogens (tertiary/aromatic N) is 3. The summed E-state index contributed by atoms with van der Waals surface area (Å²) in [6, 6.07) is 7.46. The summed E-state index contributed by atoms with van der Waals surface area (Å²) < 4.78 is 3.67. The van der Waals surface area contributed by atoms with Gasteiger partial charge in [0.15, 0.2) is 0 Å². The molecule has 0 radical (unpaired) electrons. The number of rotatable bonds is 3. The van der Waals surface area contributed by atoms with Crippen LogP contribution in [0.3, 0.4) is 0 Å². The fourth-order valence-corrected chi connectivity index (χ4v) is 1.93. The highest BCUT2D eigenvalue weighted by atomic mass is 32.1. The molecule has 2 rings (SSSR count). The van der Waals surface area contributed by atoms with Crippen LogP contribution in [0.15, 0.2) is 30.5 Å². The molecule has 88 valence electrons. The van der Waals surface area contributed by atoms with Gasteiger partial charge in [-0.15, -0.1) is 5.10 Å². The van der Waals surface area contributed by atoms with E-state index >= 15 is 0 Å². The maximum atomic E-state index is 11.9. The normalized spacial score (nSPS) is 10.2. The summed E-state index contributed by atoms with van der Waals surface area (Å²) in [6.07, 6.45) is 1.48. The number of nitrogens with two attached hydrogens (primary N) is 1. The van der Waals surface area contributed by atoms with Crippen LogP contribution in [0.25, 0.3) is 0 Å². The molecule has 0 saturated carbocycles. The second-order valence-corrected chi connectivity index (χ2v) is 4.47. The third kappa shape index (κ3) is 2.79. The lowest BCUT2D eigenvalue weighted by Gasteiger charge is -2.15. The molecule has 0 spiro atoms. The highest BCUT2D eigenvalue weighted by Gasteiger charge is 2.14. The lowest BCUT2D eigenvalue weighted by atomic mass is 10.2. The van der Waals surface area contributed by atoms with Crippen LogP contribution in [0.2, 0.25) is 0 Å². The van der Waals surface area contributed by atoms with E-state index in [2.05, 4.69) is 9.59 Å². The van der Waals surface area contributed by atoms with Gasteiger partial charge in [-0.05, 0) is 29.2 Å². The third-order valence-corrected chi connectivity index (χ3v) is 2.97. The Morgan fingerprint density at radius 2 is 2.12 bits per heavy atom. The van der Waals surface area contributed by atoms with E-state index in [1.54, 1.807) is 11.9 Å². The Bertz CT molecular complexity index is 495. The van der Waals surface area contributed by atoms with E-state index in [0.717, 1.165) is 22.8 Å². The summed E-state index contributed by atoms with van der Waals surface area (Å²) in [5.74, 6) is -0.0724. The number of anilines is 1. The first-order valence-electron chi connectivity index (χ1n) is 5.04. The van der Waals surface area contributed by atoms with Gasteiger partial charge in [0.2, 0.25) is 0 Å². The first-order chi connectivity index (χ1) is 8.16. The van der Waals surface area contributed by atoms with Gasteiger partial charge in [-0.2, -0.15) is 0 Å². The van der Waals surface area contributed by atoms with Gasteiger partial charge in [0, 0.05) is 19.3 Å². The SMILES string of the molecule is CN(Cc1ccc(N)cc1)C(=O)c1cnns1. The minimum atomic E-state index is -0.0724. The van der Waals surface area contributed by atoms with Crippen molar-refractivity contribution in [3.05, 3.63) is 40.9 Å². The zero-order chi connectivity index (χ0) is 12.3. The first-order valence-corrected chi connectivity index (χ1v) is 5.81. The zero-order valence-corrected chi connectivity index (χ0v) is 10.1. The average Bonchev–Trinajstić information content (AvgIpc) is 2.84. The van der Waals surface area contributed by atoms with Crippen LogP contribution in [0.4, 0.5) is 5.69 Å². The lowest BCUT2D eigenvalue weighted by Crippen LogP contribution is -2.25. The Kier molecular flexibility index (Phi) is 3.34. The number of aromatic nitrogens is 2. The van der Waals surface area contributed by atoms with E-state index in [1.807, 2.05) is 24.3 Å². The molecule has 0 atom stereocenters. The van der Waals surface area contributed by atoms with Gasteiger partial charge in [0.05, 0.1) is 6.20 Å². The van der Waals surface area contributed by atoms with Gasteiger partial charge in [0.25, 0.3) is 5.91 Å². The van der Waals surface area contributed by atoms with Gasteiger partial charge >= 0.3 is 0 Å². The fourth-order valence-electron chi connectivity index (χ4n) is 1.42. The van der Waals surface area contributed by atoms with E-state index in [9.17, 15) is 4.79 Å². The molecule has 2 N–H and O–H groups in total. The molecule has 1 heterocycles. The third-order valence-electron chi connectivity index (χ3n) is 2.32. The Labute approximate surface area is 103 Å². The molecular weight excluding hydrogens is 236 g/mol. The highest BCUT2D eigenvalue weighted by Crippen LogP contribution is 2.11. The predicted octanol–water partition coefficient (Wildman–Crippen LogP) is 1.39. The van der Waals surface area contributed by atoms with Crippen molar-refractivity contribution in [3.63, 3.8) is 0 Å². The van der Waals surface area contributed by atoms with Crippen molar-refractivity contribution in [1.29, 1.82) is 0 Å². The Morgan fingerprint density at radius 3 is 2.71 bits per heavy atom. The Balaban J connectivity index is 2.04. The molecular formula is C11H12N4OS. The quantitative estimate of drug-likeness (QED) is 0.833. The summed E-state index contributed by atoms with van der Waals surface area (Å²) in [5.41, 5.74) is 7.35. The molecule has 6 heteroatoms. The molecule has 1 amide bonds. The lowest BCUT2D eigenvalue weighted by molar-refractivity contribution is 0.0789. The number of carbonyl (C=O) groups is 1. The number of nitrogen functional groups attached to an aromatic ring is 1. The Morgan fingerprint density at radius 1 is 1.41 bits per heavy atom. The summed E-state index contributed by atoms with van der Waals surface area (Å²) in [5, 5.41) is 3.65. The molecule has 0 saturated heterocycles. The van der Waals surface area contributed by atoms with Crippen molar-refractivity contribution in [2.75, 3.05) is 12.8 Å². The van der Waals surface area contributed by atoms with Crippen molar-refractivity contribution in [2.24, 2.45) is 0 Å². The number of benzene rings is 1. The highest BCUT2D eigenvalue weighted by molar-refractivity contribution is 7.07. The molecule has 5 nitrogen and oxygen atoms in total. The van der Waals surface area contributed by atoms with Crippen molar-refractivity contribution in [1.82, 2.24) is 14.5 Å². The van der Waals surface area contributed by atoms with Crippen LogP contribution in [-0.4, -0.2) is 27.4 Å². The predicted molar refractivity (Wildman–Crippen MR) is 66.6 cm³/mol. The second kappa shape index (κ2) is 4.92. The zero-order valence-electron chi connectivity index (χ0n) is 9.33. The van der Waals surface area contributed by atoms with E-state index in [-0.39, 0.29) is 5.91 Å². The summed E-state index contributed by atoms with van der Waals surface area (Å²) in [7, 11) is 1.75. The van der Waals surface area contributed by atoms with Crippen LogP contribution in [-0.2, 0) is 6.54 Å². The first kappa shape index (κ1) is 11.5. The summed E-state index contributed by atoms with van der Waals surface area (Å²) in [6.45, 7) is 0.539. The van der Waals surface area contributed by atoms with E-state index in [4.69, 9.17) is 5.73 Å². The van der Waals surface area contributed by atoms with Crippen molar-refractivity contribution < 1.29 is 4.79 Å². The van der Waals surface area contributed by atoms with Crippen molar-refractivity contribution in [3.8, 4) is 0 Å². The molecule has 1 aromatic heterocycles. The molecule has 0 aliphatic heterocycles. The molecule has 0 aliphatic rings. The molecule has 0 fully saturated rings. The molecule has 0 aliphatic carbocycles. The topological polar surface area (TPSA) is 72.1 Å². The number of carbonyl (C=O) groups excluding carboxylic acids is 1. The summed E-state index contributed by atoms with van der Waals surface area (Å²) in [4.78, 5) is 14.1. The number of amides is 1. The van der Waals surface area contributed by atoms with Crippen LogP contribution in [0.1, 0.15) is 15.2 Å². The van der Waals surface area contributed by atoms with Gasteiger partial charge in [-0.25, -0.2) is 0 Å². The van der Waals surface area contributed by atoms with E-state index in [0.29, 0.717) is 11.4 Å². The van der Waals surface area contributed by atoms with Crippen LogP contribution < -0.4 is 5.73 Å². The van der Waals surface area contributed by atoms with Crippen molar-refractivity contribution in [2.45, 2.75) is 6.54 Å². The van der Waals surface area contributed by atoms with Gasteiger partial charge < -0.3 is 10.6 Å². The Hall–Kier alpha value is -1.95. The van der Waals surface area contributed by atoms with Crippen molar-refractivity contribution >= 4 is 23.1 Å². The van der Waals surface area contributed by atoms with Crippen LogP contribution in [0.5, 0.6) is 0 Å². The number of hydrogen-bond donors (Lipinski definition) is 1. The molecule has 2 aromatic rings. The van der Waals surface area contributed by atoms with Crippen LogP contribution in [0, 0.1) is 0 Å². The summed E-state index contributed by atoms with van der Waals surface area (Å²) >= 11 is 1.10. The fraction of sp³-hybridized carbons (Fsp3) is 0.182. The molecule has 17 heavy (non-hydrogen) atoms. The minimum absolute atomic E-state index is 0.0724. The van der Waals surface area contributed by atoms with Gasteiger partial charge in [-0.1, -0.05) is 16.6 Å². The monoisotopic (exact) mass is 248 g/mol. The van der Waals surface area contributed by atoms with Gasteiger partial charge in [-0.3, -0.25) is 4.79 Å². The smallest absolute Gasteiger partial charge is 0.267 e. The largest absolute Gasteiger partial charge is 0.399 e. The van der Waals surface area contributed by atoms with Crippen LogP contribution >= 0.6 is 11.5 Å². The standard InChI is InChI=1S/C11H12N4OS/c1-15(11(16)10-6-13-14-17-10)7-8-2-4-9(12)5-3-8/h2-6H,7,12H2,1H3. The van der Waals surface area contributed by atoms with E-state index in [1.165, 1.54) is 6.20 Å². The maximum Gasteiger partial charge on any atom is 0.267 e. The van der Waals surface area contributed by atoms with Gasteiger partial charge in [0.1, 0.15) is 4.88 Å². The molecule has 0 bridgehead atoms. The molecule has 1 aromatic carbocycles. The molecule has 0 unspecified atom stereocenters. The van der Waals surface area contributed by atoms with E-state index < -0.39 is 0 Å². The average molecular weight is 248 g/mol. The number of hydrogen-bond acceptors (Lipinski definition) is 5. The minimum Gasteiger partial charge on any atom is -0.399 e.